The molecule has 0 aliphatic carbocycles. The minimum Gasteiger partial charge on any atom is -0.444 e. The molecule has 0 saturated carbocycles. The second kappa shape index (κ2) is 6.86. The molecule has 1 heterocycles. The van der Waals surface area contributed by atoms with E-state index in [-0.39, 0.29) is 6.04 Å². The average Bonchev–Trinajstić information content (AvgIpc) is 2.84. The third-order valence-electron chi connectivity index (χ3n) is 3.41. The van der Waals surface area contributed by atoms with Gasteiger partial charge in [-0.15, -0.1) is 0 Å². The van der Waals surface area contributed by atoms with Crippen LogP contribution in [0.5, 0.6) is 0 Å². The molecule has 1 unspecified atom stereocenters. The van der Waals surface area contributed by atoms with E-state index < -0.39 is 11.7 Å². The zero-order chi connectivity index (χ0) is 17.0. The molecule has 124 valence electrons. The lowest BCUT2D eigenvalue weighted by Crippen LogP contribution is -2.35. The highest BCUT2D eigenvalue weighted by atomic mass is 16.6. The van der Waals surface area contributed by atoms with E-state index >= 15 is 0 Å². The highest BCUT2D eigenvalue weighted by Gasteiger charge is 2.24. The van der Waals surface area contributed by atoms with Gasteiger partial charge in [0.25, 0.3) is 0 Å². The average molecular weight is 315 g/mol. The highest BCUT2D eigenvalue weighted by molar-refractivity contribution is 5.69. The van der Waals surface area contributed by atoms with Crippen LogP contribution in [-0.2, 0) is 11.2 Å². The number of aryl methyl sites for hydroxylation is 2. The van der Waals surface area contributed by atoms with Crippen LogP contribution in [0.25, 0.3) is 0 Å². The number of carbonyl (C=O) groups is 1. The second-order valence-corrected chi connectivity index (χ2v) is 6.54. The zero-order valence-corrected chi connectivity index (χ0v) is 14.4. The predicted octanol–water partition coefficient (Wildman–Crippen LogP) is 3.89. The normalized spacial score (nSPS) is 12.7. The number of imidazole rings is 1. The summed E-state index contributed by atoms with van der Waals surface area (Å²) < 4.78 is 5.38. The summed E-state index contributed by atoms with van der Waals surface area (Å²) in [5, 5.41) is 2.92. The third kappa shape index (κ3) is 4.58. The summed E-state index contributed by atoms with van der Waals surface area (Å²) >= 11 is 0. The molecule has 0 fully saturated rings. The Balaban J connectivity index is 2.31. The fourth-order valence-electron chi connectivity index (χ4n) is 2.38. The standard InChI is InChI=1S/C18H25N3O2/c1-6-14-12(2)19-16(20-14)15(13-10-8-7-9-11-13)21-17(22)23-18(3,4)5/h7-11,15H,6H2,1-5H3,(H,19,20)(H,21,22). The van der Waals surface area contributed by atoms with E-state index in [1.165, 1.54) is 0 Å². The molecular weight excluding hydrogens is 290 g/mol. The summed E-state index contributed by atoms with van der Waals surface area (Å²) in [5.74, 6) is 0.719. The molecule has 1 atom stereocenters. The van der Waals surface area contributed by atoms with Crippen LogP contribution in [0.1, 0.15) is 56.5 Å². The van der Waals surface area contributed by atoms with Crippen LogP contribution in [0.4, 0.5) is 4.79 Å². The summed E-state index contributed by atoms with van der Waals surface area (Å²) in [6.45, 7) is 9.58. The van der Waals surface area contributed by atoms with Gasteiger partial charge in [-0.3, -0.25) is 0 Å². The second-order valence-electron chi connectivity index (χ2n) is 6.54. The number of amides is 1. The fourth-order valence-corrected chi connectivity index (χ4v) is 2.38. The van der Waals surface area contributed by atoms with Gasteiger partial charge < -0.3 is 15.0 Å². The summed E-state index contributed by atoms with van der Waals surface area (Å²) in [5.41, 5.74) is 2.44. The van der Waals surface area contributed by atoms with E-state index in [1.807, 2.05) is 58.0 Å². The smallest absolute Gasteiger partial charge is 0.408 e. The number of carbonyl (C=O) groups excluding carboxylic acids is 1. The summed E-state index contributed by atoms with van der Waals surface area (Å²) in [6.07, 6.45) is 0.384. The van der Waals surface area contributed by atoms with Crippen LogP contribution in [0.2, 0.25) is 0 Å². The number of benzene rings is 1. The molecular formula is C18H25N3O2. The minimum absolute atomic E-state index is 0.370. The van der Waals surface area contributed by atoms with Crippen molar-refractivity contribution in [1.29, 1.82) is 0 Å². The quantitative estimate of drug-likeness (QED) is 0.899. The number of hydrogen-bond donors (Lipinski definition) is 2. The van der Waals surface area contributed by atoms with Crippen molar-refractivity contribution in [2.75, 3.05) is 0 Å². The van der Waals surface area contributed by atoms with Crippen molar-refractivity contribution in [3.05, 3.63) is 53.1 Å². The van der Waals surface area contributed by atoms with Crippen LogP contribution in [0, 0.1) is 6.92 Å². The first kappa shape index (κ1) is 17.1. The van der Waals surface area contributed by atoms with Crippen LogP contribution in [0.15, 0.2) is 30.3 Å². The van der Waals surface area contributed by atoms with Gasteiger partial charge in [-0.1, -0.05) is 37.3 Å². The molecule has 5 nitrogen and oxygen atoms in total. The molecule has 23 heavy (non-hydrogen) atoms. The Morgan fingerprint density at radius 1 is 1.30 bits per heavy atom. The number of nitrogens with one attached hydrogen (secondary N) is 2. The molecule has 2 N–H and O–H groups in total. The van der Waals surface area contributed by atoms with Crippen molar-refractivity contribution in [1.82, 2.24) is 15.3 Å². The van der Waals surface area contributed by atoms with Crippen LogP contribution in [-0.4, -0.2) is 21.7 Å². The molecule has 1 aromatic carbocycles. The van der Waals surface area contributed by atoms with E-state index in [0.29, 0.717) is 0 Å². The molecule has 2 aromatic rings. The molecule has 5 heteroatoms. The van der Waals surface area contributed by atoms with Crippen molar-refractivity contribution in [2.24, 2.45) is 0 Å². The van der Waals surface area contributed by atoms with E-state index in [4.69, 9.17) is 4.74 Å². The Morgan fingerprint density at radius 2 is 1.96 bits per heavy atom. The van der Waals surface area contributed by atoms with Crippen molar-refractivity contribution in [2.45, 2.75) is 52.7 Å². The topological polar surface area (TPSA) is 67.0 Å². The first-order valence-electron chi connectivity index (χ1n) is 7.90. The van der Waals surface area contributed by atoms with Crippen molar-refractivity contribution >= 4 is 6.09 Å². The number of alkyl carbamates (subject to hydrolysis) is 1. The van der Waals surface area contributed by atoms with Crippen LogP contribution < -0.4 is 5.32 Å². The zero-order valence-electron chi connectivity index (χ0n) is 14.4. The number of nitrogens with zero attached hydrogens (tertiary/aromatic N) is 1. The van der Waals surface area contributed by atoms with Gasteiger partial charge in [0, 0.05) is 5.69 Å². The minimum atomic E-state index is -0.543. The van der Waals surface area contributed by atoms with Crippen LogP contribution >= 0.6 is 0 Å². The van der Waals surface area contributed by atoms with E-state index in [2.05, 4.69) is 22.2 Å². The predicted molar refractivity (Wildman–Crippen MR) is 90.4 cm³/mol. The maximum Gasteiger partial charge on any atom is 0.408 e. The molecule has 2 rings (SSSR count). The van der Waals surface area contributed by atoms with E-state index in [9.17, 15) is 4.79 Å². The Bertz CT molecular complexity index is 657. The Labute approximate surface area is 137 Å². The lowest BCUT2D eigenvalue weighted by molar-refractivity contribution is 0.0510. The van der Waals surface area contributed by atoms with Gasteiger partial charge in [0.2, 0.25) is 0 Å². The summed E-state index contributed by atoms with van der Waals surface area (Å²) in [6, 6.07) is 9.38. The van der Waals surface area contributed by atoms with Crippen LogP contribution in [0.3, 0.4) is 0 Å². The lowest BCUT2D eigenvalue weighted by atomic mass is 10.1. The third-order valence-corrected chi connectivity index (χ3v) is 3.41. The highest BCUT2D eigenvalue weighted by Crippen LogP contribution is 2.22. The molecule has 0 bridgehead atoms. The van der Waals surface area contributed by atoms with Gasteiger partial charge in [0.1, 0.15) is 17.5 Å². The Hall–Kier alpha value is -2.30. The van der Waals surface area contributed by atoms with E-state index in [1.54, 1.807) is 0 Å². The van der Waals surface area contributed by atoms with Gasteiger partial charge in [-0.2, -0.15) is 0 Å². The van der Waals surface area contributed by atoms with Crippen molar-refractivity contribution < 1.29 is 9.53 Å². The molecule has 0 aliphatic heterocycles. The van der Waals surface area contributed by atoms with Crippen molar-refractivity contribution in [3.8, 4) is 0 Å². The van der Waals surface area contributed by atoms with E-state index in [0.717, 1.165) is 29.2 Å². The summed E-state index contributed by atoms with van der Waals surface area (Å²) in [4.78, 5) is 20.1. The van der Waals surface area contributed by atoms with Gasteiger partial charge in [-0.25, -0.2) is 9.78 Å². The number of rotatable bonds is 4. The molecule has 0 aliphatic rings. The molecule has 0 radical (unpaired) electrons. The molecule has 0 spiro atoms. The fraction of sp³-hybridized carbons (Fsp3) is 0.444. The van der Waals surface area contributed by atoms with Gasteiger partial charge in [0.15, 0.2) is 0 Å². The SMILES string of the molecule is CCc1nc(C(NC(=O)OC(C)(C)C)c2ccccc2)[nH]c1C. The van der Waals surface area contributed by atoms with Gasteiger partial charge in [0.05, 0.1) is 5.69 Å². The largest absolute Gasteiger partial charge is 0.444 e. The number of aromatic amines is 1. The first-order valence-corrected chi connectivity index (χ1v) is 7.90. The first-order chi connectivity index (χ1) is 10.8. The maximum absolute atomic E-state index is 12.2. The molecule has 1 amide bonds. The summed E-state index contributed by atoms with van der Waals surface area (Å²) in [7, 11) is 0. The number of H-pyrrole nitrogens is 1. The monoisotopic (exact) mass is 315 g/mol. The number of hydrogen-bond acceptors (Lipinski definition) is 3. The lowest BCUT2D eigenvalue weighted by Gasteiger charge is -2.23. The Kier molecular flexibility index (Phi) is 5.08. The van der Waals surface area contributed by atoms with Gasteiger partial charge in [-0.05, 0) is 39.7 Å². The number of aromatic nitrogens is 2. The Morgan fingerprint density at radius 3 is 2.48 bits per heavy atom. The van der Waals surface area contributed by atoms with Gasteiger partial charge >= 0.3 is 6.09 Å². The number of ether oxygens (including phenoxy) is 1. The molecule has 1 aromatic heterocycles. The maximum atomic E-state index is 12.2. The molecule has 0 saturated heterocycles. The van der Waals surface area contributed by atoms with Crippen molar-refractivity contribution in [3.63, 3.8) is 0 Å².